The maximum absolute atomic E-state index is 13.1. The van der Waals surface area contributed by atoms with Crippen LogP contribution in [0.25, 0.3) is 11.4 Å². The molecule has 3 aromatic rings. The highest BCUT2D eigenvalue weighted by Gasteiger charge is 2.12. The van der Waals surface area contributed by atoms with Crippen molar-refractivity contribution in [3.63, 3.8) is 0 Å². The molecular weight excluding hydrogens is 367 g/mol. The summed E-state index contributed by atoms with van der Waals surface area (Å²) < 4.78 is 15.8. The summed E-state index contributed by atoms with van der Waals surface area (Å²) in [4.78, 5) is 4.00. The van der Waals surface area contributed by atoms with Crippen LogP contribution in [-0.2, 0) is 12.8 Å². The van der Waals surface area contributed by atoms with Gasteiger partial charge in [0.2, 0.25) is 0 Å². The Morgan fingerprint density at radius 1 is 1.18 bits per heavy atom. The van der Waals surface area contributed by atoms with Crippen LogP contribution < -0.4 is 0 Å². The Labute approximate surface area is 139 Å². The van der Waals surface area contributed by atoms with Gasteiger partial charge in [0.25, 0.3) is 0 Å². The van der Waals surface area contributed by atoms with E-state index in [1.807, 2.05) is 23.7 Å². The van der Waals surface area contributed by atoms with Crippen molar-refractivity contribution >= 4 is 27.7 Å². The van der Waals surface area contributed by atoms with Gasteiger partial charge in [-0.2, -0.15) is 0 Å². The number of benzene rings is 1. The van der Waals surface area contributed by atoms with Gasteiger partial charge in [-0.05, 0) is 29.8 Å². The molecule has 112 valence electrons. The highest BCUT2D eigenvalue weighted by atomic mass is 79.9. The van der Waals surface area contributed by atoms with Crippen molar-refractivity contribution in [3.05, 3.63) is 58.6 Å². The van der Waals surface area contributed by atoms with Crippen molar-refractivity contribution in [2.45, 2.75) is 10.9 Å². The van der Waals surface area contributed by atoms with Crippen LogP contribution in [0.15, 0.2) is 52.4 Å². The number of thioether (sulfide) groups is 1. The first-order chi connectivity index (χ1) is 10.6. The lowest BCUT2D eigenvalue weighted by Gasteiger charge is -2.05. The summed E-state index contributed by atoms with van der Waals surface area (Å²) in [5, 5.41) is 9.26. The van der Waals surface area contributed by atoms with Crippen molar-refractivity contribution < 1.29 is 4.39 Å². The molecule has 0 aliphatic rings. The Balaban J connectivity index is 1.78. The summed E-state index contributed by atoms with van der Waals surface area (Å²) in [7, 11) is 1.93. The maximum atomic E-state index is 13.1. The average molecular weight is 379 g/mol. The van der Waals surface area contributed by atoms with E-state index in [0.29, 0.717) is 5.75 Å². The van der Waals surface area contributed by atoms with E-state index in [4.69, 9.17) is 0 Å². The summed E-state index contributed by atoms with van der Waals surface area (Å²) in [6.45, 7) is 0. The first-order valence-electron chi connectivity index (χ1n) is 6.51. The molecule has 0 atom stereocenters. The quantitative estimate of drug-likeness (QED) is 0.641. The topological polar surface area (TPSA) is 43.6 Å². The molecule has 0 amide bonds. The smallest absolute Gasteiger partial charge is 0.191 e. The van der Waals surface area contributed by atoms with E-state index in [1.165, 1.54) is 12.1 Å². The molecular formula is C15H12BrFN4S. The average Bonchev–Trinajstić information content (AvgIpc) is 2.88. The summed E-state index contributed by atoms with van der Waals surface area (Å²) in [5.41, 5.74) is 1.99. The summed E-state index contributed by atoms with van der Waals surface area (Å²) in [5.74, 6) is 1.23. The summed E-state index contributed by atoms with van der Waals surface area (Å²) >= 11 is 4.93. The van der Waals surface area contributed by atoms with Crippen LogP contribution in [-0.4, -0.2) is 19.7 Å². The highest BCUT2D eigenvalue weighted by molar-refractivity contribution is 9.10. The van der Waals surface area contributed by atoms with Gasteiger partial charge in [-0.25, -0.2) is 4.39 Å². The van der Waals surface area contributed by atoms with Gasteiger partial charge in [-0.15, -0.1) is 10.2 Å². The Bertz CT molecular complexity index is 791. The summed E-state index contributed by atoms with van der Waals surface area (Å²) in [6, 6.07) is 8.49. The minimum absolute atomic E-state index is 0.251. The normalized spacial score (nSPS) is 10.9. The Hall–Kier alpha value is -1.73. The predicted octanol–water partition coefficient (Wildman–Crippen LogP) is 4.07. The number of nitrogens with zero attached hydrogens (tertiary/aromatic N) is 4. The third kappa shape index (κ3) is 3.20. The van der Waals surface area contributed by atoms with Gasteiger partial charge >= 0.3 is 0 Å². The molecule has 7 heteroatoms. The van der Waals surface area contributed by atoms with Crippen LogP contribution in [0.5, 0.6) is 0 Å². The van der Waals surface area contributed by atoms with Crippen molar-refractivity contribution in [1.29, 1.82) is 0 Å². The molecule has 0 bridgehead atoms. The zero-order valence-electron chi connectivity index (χ0n) is 11.7. The monoisotopic (exact) mass is 378 g/mol. The van der Waals surface area contributed by atoms with E-state index < -0.39 is 0 Å². The van der Waals surface area contributed by atoms with Gasteiger partial charge in [0, 0.05) is 35.2 Å². The second-order valence-corrected chi connectivity index (χ2v) is 6.42. The molecule has 2 aromatic heterocycles. The Kier molecular flexibility index (Phi) is 4.54. The standard InChI is InChI=1S/C15H12BrFN4S/c1-21-14(10-4-6-18-7-5-10)19-20-15(21)22-9-11-2-3-12(17)8-13(11)16/h2-8H,9H2,1H3. The molecule has 0 saturated carbocycles. The minimum atomic E-state index is -0.251. The van der Waals surface area contributed by atoms with Crippen molar-refractivity contribution in [3.8, 4) is 11.4 Å². The number of hydrogen-bond acceptors (Lipinski definition) is 4. The lowest BCUT2D eigenvalue weighted by atomic mass is 10.2. The number of rotatable bonds is 4. The molecule has 0 unspecified atom stereocenters. The van der Waals surface area contributed by atoms with Crippen molar-refractivity contribution in [1.82, 2.24) is 19.7 Å². The van der Waals surface area contributed by atoms with E-state index in [1.54, 1.807) is 30.2 Å². The lowest BCUT2D eigenvalue weighted by molar-refractivity contribution is 0.626. The van der Waals surface area contributed by atoms with E-state index in [9.17, 15) is 4.39 Å². The van der Waals surface area contributed by atoms with Gasteiger partial charge in [-0.3, -0.25) is 4.98 Å². The number of hydrogen-bond donors (Lipinski definition) is 0. The van der Waals surface area contributed by atoms with Crippen LogP contribution in [0.4, 0.5) is 4.39 Å². The van der Waals surface area contributed by atoms with Gasteiger partial charge in [0.05, 0.1) is 0 Å². The summed E-state index contributed by atoms with van der Waals surface area (Å²) in [6.07, 6.45) is 3.46. The largest absolute Gasteiger partial charge is 0.305 e. The van der Waals surface area contributed by atoms with Crippen LogP contribution >= 0.6 is 27.7 Å². The molecule has 0 aliphatic carbocycles. The van der Waals surface area contributed by atoms with Crippen molar-refractivity contribution in [2.24, 2.45) is 7.05 Å². The first-order valence-corrected chi connectivity index (χ1v) is 8.29. The fourth-order valence-corrected chi connectivity index (χ4v) is 3.57. The molecule has 3 rings (SSSR count). The molecule has 2 heterocycles. The van der Waals surface area contributed by atoms with Gasteiger partial charge in [0.1, 0.15) is 5.82 Å². The molecule has 0 N–H and O–H groups in total. The second-order valence-electron chi connectivity index (χ2n) is 4.63. The van der Waals surface area contributed by atoms with Gasteiger partial charge in [-0.1, -0.05) is 33.8 Å². The molecule has 4 nitrogen and oxygen atoms in total. The van der Waals surface area contributed by atoms with E-state index in [-0.39, 0.29) is 5.82 Å². The fourth-order valence-electron chi connectivity index (χ4n) is 1.97. The number of aromatic nitrogens is 4. The predicted molar refractivity (Wildman–Crippen MR) is 87.9 cm³/mol. The SMILES string of the molecule is Cn1c(SCc2ccc(F)cc2Br)nnc1-c1ccncc1. The first kappa shape index (κ1) is 15.2. The van der Waals surface area contributed by atoms with E-state index in [2.05, 4.69) is 31.1 Å². The van der Waals surface area contributed by atoms with Crippen LogP contribution in [0, 0.1) is 5.82 Å². The molecule has 0 radical (unpaired) electrons. The zero-order valence-corrected chi connectivity index (χ0v) is 14.1. The fraction of sp³-hybridized carbons (Fsp3) is 0.133. The number of halogens is 2. The molecule has 0 saturated heterocycles. The van der Waals surface area contributed by atoms with Crippen LogP contribution in [0.3, 0.4) is 0 Å². The zero-order chi connectivity index (χ0) is 15.5. The van der Waals surface area contributed by atoms with Gasteiger partial charge < -0.3 is 4.57 Å². The lowest BCUT2D eigenvalue weighted by Crippen LogP contribution is -1.95. The van der Waals surface area contributed by atoms with Crippen LogP contribution in [0.2, 0.25) is 0 Å². The van der Waals surface area contributed by atoms with E-state index >= 15 is 0 Å². The minimum Gasteiger partial charge on any atom is -0.305 e. The van der Waals surface area contributed by atoms with Crippen LogP contribution in [0.1, 0.15) is 5.56 Å². The maximum Gasteiger partial charge on any atom is 0.191 e. The van der Waals surface area contributed by atoms with Crippen molar-refractivity contribution in [2.75, 3.05) is 0 Å². The third-order valence-corrected chi connectivity index (χ3v) is 4.95. The molecule has 0 fully saturated rings. The molecule has 0 spiro atoms. The number of pyridine rings is 1. The Morgan fingerprint density at radius 2 is 1.95 bits per heavy atom. The highest BCUT2D eigenvalue weighted by Crippen LogP contribution is 2.28. The van der Waals surface area contributed by atoms with Gasteiger partial charge in [0.15, 0.2) is 11.0 Å². The van der Waals surface area contributed by atoms with E-state index in [0.717, 1.165) is 26.6 Å². The Morgan fingerprint density at radius 3 is 2.68 bits per heavy atom. The molecule has 22 heavy (non-hydrogen) atoms. The molecule has 1 aromatic carbocycles. The molecule has 0 aliphatic heterocycles. The third-order valence-electron chi connectivity index (χ3n) is 3.15. The second kappa shape index (κ2) is 6.58.